The molecular weight excluding hydrogens is 652 g/mol. The molecule has 1 heterocycles. The smallest absolute Gasteiger partial charge is 0.312 e. The van der Waals surface area contributed by atoms with Crippen molar-refractivity contribution in [2.24, 2.45) is 16.7 Å². The minimum absolute atomic E-state index is 0.0117. The average Bonchev–Trinajstić information content (AvgIpc) is 3.49. The van der Waals surface area contributed by atoms with Crippen molar-refractivity contribution in [2.75, 3.05) is 0 Å². The largest absolute Gasteiger partial charge is 0.508 e. The monoisotopic (exact) mass is 706 g/mol. The highest BCUT2D eigenvalue weighted by atomic mass is 16.5. The van der Waals surface area contributed by atoms with E-state index < -0.39 is 10.8 Å². The number of ketones is 1. The first kappa shape index (κ1) is 38.6. The van der Waals surface area contributed by atoms with E-state index in [0.29, 0.717) is 12.0 Å². The molecule has 2 aliphatic carbocycles. The van der Waals surface area contributed by atoms with Gasteiger partial charge < -0.3 is 19.3 Å². The van der Waals surface area contributed by atoms with Crippen LogP contribution in [-0.2, 0) is 38.3 Å². The van der Waals surface area contributed by atoms with Crippen LogP contribution in [0.4, 0.5) is 0 Å². The third-order valence-corrected chi connectivity index (χ3v) is 11.1. The van der Waals surface area contributed by atoms with Crippen LogP contribution in [0.3, 0.4) is 0 Å². The van der Waals surface area contributed by atoms with Crippen molar-refractivity contribution in [3.8, 4) is 11.5 Å². The number of esters is 2. The highest BCUT2D eigenvalue weighted by Crippen LogP contribution is 2.40. The predicted molar refractivity (Wildman–Crippen MR) is 205 cm³/mol. The first-order valence-electron chi connectivity index (χ1n) is 18.7. The van der Waals surface area contributed by atoms with E-state index in [-0.39, 0.29) is 47.7 Å². The lowest BCUT2D eigenvalue weighted by molar-refractivity contribution is -0.161. The van der Waals surface area contributed by atoms with Gasteiger partial charge in [0.15, 0.2) is 5.78 Å². The molecule has 1 N–H and O–H groups in total. The lowest BCUT2D eigenvalue weighted by atomic mass is 9.88. The SMILES string of the molecule is CC1Oc2ccccc2C(=O)C1C.CCC(C)(C)C(=O)OC1CCc2ccc(O)cc2C1.CCC(C)(C)C(=O)OC1Cc2cccc3cccc1c23. The van der Waals surface area contributed by atoms with Gasteiger partial charge in [0, 0.05) is 18.4 Å². The van der Waals surface area contributed by atoms with Gasteiger partial charge >= 0.3 is 11.9 Å². The predicted octanol–water partition coefficient (Wildman–Crippen LogP) is 9.93. The summed E-state index contributed by atoms with van der Waals surface area (Å²) in [5.74, 6) is 0.931. The molecule has 3 aliphatic rings. The zero-order valence-corrected chi connectivity index (χ0v) is 32.0. The van der Waals surface area contributed by atoms with Crippen molar-refractivity contribution in [3.63, 3.8) is 0 Å². The van der Waals surface area contributed by atoms with Gasteiger partial charge in [-0.15, -0.1) is 0 Å². The highest BCUT2D eigenvalue weighted by molar-refractivity contribution is 6.01. The van der Waals surface area contributed by atoms with Gasteiger partial charge in [-0.3, -0.25) is 14.4 Å². The maximum Gasteiger partial charge on any atom is 0.312 e. The summed E-state index contributed by atoms with van der Waals surface area (Å²) in [7, 11) is 0. The minimum atomic E-state index is -0.418. The molecule has 0 amide bonds. The number of rotatable bonds is 6. The zero-order chi connectivity index (χ0) is 37.8. The second-order valence-corrected chi connectivity index (χ2v) is 15.6. The summed E-state index contributed by atoms with van der Waals surface area (Å²) in [5, 5.41) is 12.0. The van der Waals surface area contributed by atoms with E-state index in [0.717, 1.165) is 49.0 Å². The summed E-state index contributed by atoms with van der Waals surface area (Å²) < 4.78 is 17.0. The number of fused-ring (bicyclic) bond motifs is 2. The lowest BCUT2D eigenvalue weighted by Gasteiger charge is -2.28. The van der Waals surface area contributed by atoms with Crippen LogP contribution in [0.2, 0.25) is 0 Å². The maximum absolute atomic E-state index is 12.3. The fraction of sp³-hybridized carbons (Fsp3) is 0.444. The molecule has 4 unspecified atom stereocenters. The Bertz CT molecular complexity index is 1920. The standard InChI is InChI=1S/C18H20O2.C16H22O3.C11H12O2/c1-4-18(2,3)17(19)20-15-11-13-9-5-7-12-8-6-10-14(15)16(12)13;1-4-16(2,3)15(18)19-14-8-6-11-5-7-13(17)9-12(11)10-14;1-7-8(2)13-10-6-4-3-5-9(10)11(7)12/h5-10,15H,4,11H2,1-3H3;5,7,9,14,17H,4,6,8,10H2,1-3H3;3-8H,1-2H3. The third kappa shape index (κ3) is 8.52. The minimum Gasteiger partial charge on any atom is -0.508 e. The Morgan fingerprint density at radius 1 is 0.788 bits per heavy atom. The van der Waals surface area contributed by atoms with Crippen molar-refractivity contribution < 1.29 is 33.7 Å². The summed E-state index contributed by atoms with van der Waals surface area (Å²) in [6.07, 6.45) is 4.62. The van der Waals surface area contributed by atoms with Crippen LogP contribution in [0.5, 0.6) is 11.5 Å². The number of aryl methyl sites for hydroxylation is 1. The number of hydrogen-bond acceptors (Lipinski definition) is 7. The van der Waals surface area contributed by atoms with Gasteiger partial charge in [0.25, 0.3) is 0 Å². The lowest BCUT2D eigenvalue weighted by Crippen LogP contribution is -2.33. The Kier molecular flexibility index (Phi) is 11.8. The molecule has 0 bridgehead atoms. The number of carbonyl (C=O) groups excluding carboxylic acids is 3. The number of Topliss-reactive ketones (excluding diaryl/α,β-unsaturated/α-hetero) is 1. The maximum atomic E-state index is 12.3. The summed E-state index contributed by atoms with van der Waals surface area (Å²) in [6, 6.07) is 25.4. The van der Waals surface area contributed by atoms with Crippen LogP contribution in [-0.4, -0.2) is 35.0 Å². The van der Waals surface area contributed by atoms with E-state index in [2.05, 4.69) is 30.3 Å². The molecule has 4 atom stereocenters. The van der Waals surface area contributed by atoms with E-state index in [1.54, 1.807) is 12.1 Å². The van der Waals surface area contributed by atoms with Gasteiger partial charge in [-0.2, -0.15) is 0 Å². The first-order valence-corrected chi connectivity index (χ1v) is 18.7. The Morgan fingerprint density at radius 2 is 1.44 bits per heavy atom. The molecule has 7 heteroatoms. The normalized spacial score (nSPS) is 20.2. The molecule has 7 rings (SSSR count). The van der Waals surface area contributed by atoms with Crippen molar-refractivity contribution in [3.05, 3.63) is 107 Å². The molecule has 7 nitrogen and oxygen atoms in total. The van der Waals surface area contributed by atoms with E-state index in [1.807, 2.05) is 91.8 Å². The summed E-state index contributed by atoms with van der Waals surface area (Å²) in [5.41, 5.74) is 4.66. The second kappa shape index (κ2) is 15.9. The van der Waals surface area contributed by atoms with E-state index >= 15 is 0 Å². The average molecular weight is 707 g/mol. The molecule has 0 aromatic heterocycles. The van der Waals surface area contributed by atoms with E-state index in [9.17, 15) is 19.5 Å². The highest BCUT2D eigenvalue weighted by Gasteiger charge is 2.34. The molecule has 0 radical (unpaired) electrons. The number of phenols is 1. The molecule has 0 saturated heterocycles. The van der Waals surface area contributed by atoms with Crippen LogP contribution in [0.1, 0.15) is 113 Å². The Labute approximate surface area is 308 Å². The van der Waals surface area contributed by atoms with Gasteiger partial charge in [-0.25, -0.2) is 0 Å². The van der Waals surface area contributed by atoms with Crippen LogP contribution in [0.25, 0.3) is 10.8 Å². The van der Waals surface area contributed by atoms with Gasteiger partial charge in [0.1, 0.15) is 29.8 Å². The molecule has 52 heavy (non-hydrogen) atoms. The molecular formula is C45H54O7. The van der Waals surface area contributed by atoms with Crippen molar-refractivity contribution >= 4 is 28.5 Å². The fourth-order valence-electron chi connectivity index (χ4n) is 6.54. The number of benzene rings is 4. The Morgan fingerprint density at radius 3 is 2.13 bits per heavy atom. The van der Waals surface area contributed by atoms with E-state index in [1.165, 1.54) is 21.9 Å². The number of carbonyl (C=O) groups is 3. The third-order valence-electron chi connectivity index (χ3n) is 11.1. The zero-order valence-electron chi connectivity index (χ0n) is 32.0. The number of phenolic OH excluding ortho intramolecular Hbond substituents is 1. The molecule has 1 aliphatic heterocycles. The van der Waals surface area contributed by atoms with Crippen LogP contribution < -0.4 is 4.74 Å². The van der Waals surface area contributed by atoms with Gasteiger partial charge in [0.2, 0.25) is 0 Å². The Balaban J connectivity index is 0.000000154. The number of aromatic hydroxyl groups is 1. The second-order valence-electron chi connectivity index (χ2n) is 15.6. The fourth-order valence-corrected chi connectivity index (χ4v) is 6.54. The van der Waals surface area contributed by atoms with Crippen LogP contribution in [0, 0.1) is 16.7 Å². The number of ether oxygens (including phenoxy) is 3. The summed E-state index contributed by atoms with van der Waals surface area (Å²) >= 11 is 0. The van der Waals surface area contributed by atoms with Crippen LogP contribution >= 0.6 is 0 Å². The van der Waals surface area contributed by atoms with Crippen LogP contribution in [0.15, 0.2) is 78.9 Å². The van der Waals surface area contributed by atoms with Crippen molar-refractivity contribution in [1.29, 1.82) is 0 Å². The van der Waals surface area contributed by atoms with Gasteiger partial charge in [0.05, 0.1) is 22.3 Å². The molecule has 4 aromatic carbocycles. The topological polar surface area (TPSA) is 99.1 Å². The van der Waals surface area contributed by atoms with Gasteiger partial charge in [-0.1, -0.05) is 75.4 Å². The first-order chi connectivity index (χ1) is 24.6. The summed E-state index contributed by atoms with van der Waals surface area (Å²) in [6.45, 7) is 15.6. The summed E-state index contributed by atoms with van der Waals surface area (Å²) in [4.78, 5) is 36.1. The molecule has 4 aromatic rings. The Hall–Kier alpha value is -4.65. The number of hydrogen-bond donors (Lipinski definition) is 1. The molecule has 0 spiro atoms. The molecule has 0 fully saturated rings. The molecule has 0 saturated carbocycles. The quantitative estimate of drug-likeness (QED) is 0.199. The van der Waals surface area contributed by atoms with Gasteiger partial charge in [-0.05, 0) is 112 Å². The van der Waals surface area contributed by atoms with Crippen molar-refractivity contribution in [1.82, 2.24) is 0 Å². The van der Waals surface area contributed by atoms with Crippen molar-refractivity contribution in [2.45, 2.75) is 112 Å². The molecule has 276 valence electrons. The number of para-hydroxylation sites is 1. The van der Waals surface area contributed by atoms with E-state index in [4.69, 9.17) is 14.2 Å².